The van der Waals surface area contributed by atoms with Gasteiger partial charge in [0.2, 0.25) is 0 Å². The van der Waals surface area contributed by atoms with E-state index in [1.54, 1.807) is 0 Å². The number of nitrogens with zero attached hydrogens (tertiary/aromatic N) is 6. The van der Waals surface area contributed by atoms with Gasteiger partial charge in [0.05, 0.1) is 46.1 Å². The fourth-order valence-electron chi connectivity index (χ4n) is 8.36. The molecule has 0 bridgehead atoms. The lowest BCUT2D eigenvalue weighted by Gasteiger charge is -2.17. The Balaban J connectivity index is 1.18. The van der Waals surface area contributed by atoms with Crippen molar-refractivity contribution >= 4 is 27.5 Å². The monoisotopic (exact) mass is 804 g/mol. The Hall–Kier alpha value is -8.79. The molecular formula is C57H36N6. The van der Waals surface area contributed by atoms with E-state index in [1.165, 1.54) is 0 Å². The quantitative estimate of drug-likeness (QED) is 0.144. The predicted octanol–water partition coefficient (Wildman–Crippen LogP) is 14.6. The topological polar surface area (TPSA) is 60.9 Å². The first-order valence-electron chi connectivity index (χ1n) is 20.8. The molecule has 0 atom stereocenters. The number of rotatable bonds is 8. The van der Waals surface area contributed by atoms with E-state index in [4.69, 9.17) is 26.5 Å². The lowest BCUT2D eigenvalue weighted by atomic mass is 10.0. The molecule has 3 aromatic heterocycles. The zero-order chi connectivity index (χ0) is 42.1. The third-order valence-corrected chi connectivity index (χ3v) is 11.5. The minimum Gasteiger partial charge on any atom is -0.309 e. The first kappa shape index (κ1) is 37.2. The lowest BCUT2D eigenvalue weighted by Crippen LogP contribution is -2.02. The van der Waals surface area contributed by atoms with Gasteiger partial charge in [-0.3, -0.25) is 0 Å². The summed E-state index contributed by atoms with van der Waals surface area (Å²) in [6.07, 6.45) is 0. The molecule has 0 N–H and O–H groups in total. The van der Waals surface area contributed by atoms with Crippen LogP contribution in [0, 0.1) is 6.57 Å². The van der Waals surface area contributed by atoms with Crippen LogP contribution in [0.15, 0.2) is 218 Å². The molecule has 6 heteroatoms. The van der Waals surface area contributed by atoms with Gasteiger partial charge in [-0.1, -0.05) is 170 Å². The van der Waals surface area contributed by atoms with Crippen LogP contribution in [0.1, 0.15) is 0 Å². The summed E-state index contributed by atoms with van der Waals surface area (Å²) in [6.45, 7) is 7.45. The molecule has 0 saturated heterocycles. The number of para-hydroxylation sites is 1. The molecule has 0 unspecified atom stereocenters. The average molecular weight is 805 g/mol. The van der Waals surface area contributed by atoms with Crippen molar-refractivity contribution in [3.05, 3.63) is 230 Å². The molecule has 6 nitrogen and oxygen atoms in total. The highest BCUT2D eigenvalue weighted by Gasteiger charge is 2.21. The summed E-state index contributed by atoms with van der Waals surface area (Å²) in [5.74, 6) is 1.24. The first-order valence-corrected chi connectivity index (χ1v) is 20.8. The zero-order valence-electron chi connectivity index (χ0n) is 34.0. The summed E-state index contributed by atoms with van der Waals surface area (Å²) >= 11 is 0. The van der Waals surface area contributed by atoms with Crippen LogP contribution in [0.25, 0.3) is 111 Å². The molecule has 3 heterocycles. The van der Waals surface area contributed by atoms with E-state index in [2.05, 4.69) is 131 Å². The maximum atomic E-state index is 7.45. The van der Waals surface area contributed by atoms with Crippen LogP contribution in [-0.4, -0.2) is 24.5 Å². The van der Waals surface area contributed by atoms with Crippen molar-refractivity contribution < 1.29 is 0 Å². The lowest BCUT2D eigenvalue weighted by molar-refractivity contribution is 1.14. The molecule has 0 radical (unpaired) electrons. The fraction of sp³-hybridized carbons (Fsp3) is 0. The van der Waals surface area contributed by atoms with Gasteiger partial charge in [-0.25, -0.2) is 24.8 Å². The summed E-state index contributed by atoms with van der Waals surface area (Å²) in [4.78, 5) is 24.6. The van der Waals surface area contributed by atoms with Crippen molar-refractivity contribution in [1.82, 2.24) is 24.5 Å². The second kappa shape index (κ2) is 16.0. The normalized spacial score (nSPS) is 11.2. The molecule has 11 rings (SSSR count). The molecule has 0 aliphatic heterocycles. The predicted molar refractivity (Wildman–Crippen MR) is 256 cm³/mol. The Morgan fingerprint density at radius 1 is 0.333 bits per heavy atom. The van der Waals surface area contributed by atoms with Crippen LogP contribution >= 0.6 is 0 Å². The molecule has 63 heavy (non-hydrogen) atoms. The minimum atomic E-state index is 0.611. The van der Waals surface area contributed by atoms with Crippen LogP contribution in [0.5, 0.6) is 0 Å². The third kappa shape index (κ3) is 7.10. The van der Waals surface area contributed by atoms with E-state index in [-0.39, 0.29) is 0 Å². The molecule has 11 aromatic rings. The van der Waals surface area contributed by atoms with Crippen molar-refractivity contribution in [2.24, 2.45) is 0 Å². The fourth-order valence-corrected chi connectivity index (χ4v) is 8.36. The molecule has 0 amide bonds. The summed E-state index contributed by atoms with van der Waals surface area (Å²) in [5.41, 5.74) is 14.8. The van der Waals surface area contributed by atoms with Gasteiger partial charge in [0, 0.05) is 44.2 Å². The summed E-state index contributed by atoms with van der Waals surface area (Å²) in [7, 11) is 0. The highest BCUT2D eigenvalue weighted by Crippen LogP contribution is 2.40. The Bertz CT molecular complexity index is 3370. The maximum absolute atomic E-state index is 7.45. The molecular weight excluding hydrogens is 769 g/mol. The third-order valence-electron chi connectivity index (χ3n) is 11.5. The van der Waals surface area contributed by atoms with Gasteiger partial charge < -0.3 is 4.57 Å². The average Bonchev–Trinajstić information content (AvgIpc) is 3.70. The Morgan fingerprint density at radius 3 is 1.38 bits per heavy atom. The van der Waals surface area contributed by atoms with E-state index in [1.807, 2.05) is 97.1 Å². The van der Waals surface area contributed by atoms with E-state index in [0.29, 0.717) is 17.3 Å². The van der Waals surface area contributed by atoms with E-state index in [9.17, 15) is 0 Å². The van der Waals surface area contributed by atoms with Gasteiger partial charge in [-0.15, -0.1) is 0 Å². The number of benzene rings is 8. The van der Waals surface area contributed by atoms with Crippen molar-refractivity contribution in [1.29, 1.82) is 0 Å². The molecule has 0 spiro atoms. The van der Waals surface area contributed by atoms with Gasteiger partial charge >= 0.3 is 0 Å². The highest BCUT2D eigenvalue weighted by atomic mass is 15.0. The smallest absolute Gasteiger partial charge is 0.187 e. The highest BCUT2D eigenvalue weighted by molar-refractivity contribution is 6.11. The summed E-state index contributed by atoms with van der Waals surface area (Å²) in [5, 5.41) is 2.25. The molecule has 0 fully saturated rings. The molecule has 0 saturated carbocycles. The van der Waals surface area contributed by atoms with Gasteiger partial charge in [0.25, 0.3) is 0 Å². The van der Waals surface area contributed by atoms with E-state index < -0.39 is 0 Å². The van der Waals surface area contributed by atoms with Gasteiger partial charge in [-0.2, -0.15) is 0 Å². The van der Waals surface area contributed by atoms with Crippen molar-refractivity contribution in [3.63, 3.8) is 0 Å². The van der Waals surface area contributed by atoms with E-state index in [0.717, 1.165) is 94.8 Å². The number of hydrogen-bond donors (Lipinski definition) is 0. The molecule has 0 aliphatic rings. The summed E-state index contributed by atoms with van der Waals surface area (Å²) < 4.78 is 2.35. The van der Waals surface area contributed by atoms with Crippen LogP contribution < -0.4 is 0 Å². The SMILES string of the molecule is [C-]#[N+]c1ccc(-c2ccc3c(c2)c2ccccc2n3-c2ccc(-c3nc(-c4ccccc4)cc(-c4ccccc4)n3)cc2-c2cc(-c3ccccc3)nc(-c3ccccc3)n2)cc1. The zero-order valence-corrected chi connectivity index (χ0v) is 34.0. The number of hydrogen-bond acceptors (Lipinski definition) is 4. The van der Waals surface area contributed by atoms with Crippen LogP contribution in [0.3, 0.4) is 0 Å². The van der Waals surface area contributed by atoms with Crippen LogP contribution in [-0.2, 0) is 0 Å². The maximum Gasteiger partial charge on any atom is 0.187 e. The second-order valence-electron chi connectivity index (χ2n) is 15.4. The number of fused-ring (bicyclic) bond motifs is 3. The van der Waals surface area contributed by atoms with Gasteiger partial charge in [0.15, 0.2) is 17.3 Å². The van der Waals surface area contributed by atoms with Crippen molar-refractivity contribution in [2.45, 2.75) is 0 Å². The van der Waals surface area contributed by atoms with Gasteiger partial charge in [0.1, 0.15) is 0 Å². The Kier molecular flexibility index (Phi) is 9.45. The van der Waals surface area contributed by atoms with Crippen LogP contribution in [0.4, 0.5) is 5.69 Å². The molecule has 8 aromatic carbocycles. The van der Waals surface area contributed by atoms with Crippen molar-refractivity contribution in [2.75, 3.05) is 0 Å². The standard InChI is InChI=1S/C57H36N6/c1-58-45-30-26-38(27-31-45)43-28-32-54-47(34-43)46-24-14-15-25-53(46)63(54)55-33-29-44(57-60-49(39-16-6-2-7-17-39)36-50(61-57)40-18-8-3-9-19-40)35-48(55)52-37-51(41-20-10-4-11-21-41)59-56(62-52)42-22-12-5-13-23-42/h2-37H. The second-order valence-corrected chi connectivity index (χ2v) is 15.4. The summed E-state index contributed by atoms with van der Waals surface area (Å²) in [6, 6.07) is 74.6. The van der Waals surface area contributed by atoms with E-state index >= 15 is 0 Å². The molecule has 0 aliphatic carbocycles. The molecule has 294 valence electrons. The van der Waals surface area contributed by atoms with Crippen molar-refractivity contribution in [3.8, 4) is 84.6 Å². The van der Waals surface area contributed by atoms with Crippen LogP contribution in [0.2, 0.25) is 0 Å². The largest absolute Gasteiger partial charge is 0.309 e. The van der Waals surface area contributed by atoms with Gasteiger partial charge in [-0.05, 0) is 59.7 Å². The first-order chi connectivity index (χ1) is 31.2. The number of aromatic nitrogens is 5. The Morgan fingerprint density at radius 2 is 0.794 bits per heavy atom. The minimum absolute atomic E-state index is 0.611. The Labute approximate surface area is 365 Å².